The van der Waals surface area contributed by atoms with E-state index in [0.717, 1.165) is 28.5 Å². The number of halogens is 3. The van der Waals surface area contributed by atoms with Gasteiger partial charge in [0.05, 0.1) is 25.5 Å². The Kier molecular flexibility index (Phi) is 7.67. The van der Waals surface area contributed by atoms with E-state index in [9.17, 15) is 27.6 Å². The van der Waals surface area contributed by atoms with Crippen molar-refractivity contribution in [2.45, 2.75) is 11.2 Å². The van der Waals surface area contributed by atoms with Crippen molar-refractivity contribution in [3.05, 3.63) is 68.9 Å². The molecule has 0 saturated carbocycles. The third-order valence-electron chi connectivity index (χ3n) is 5.72. The molecule has 2 aromatic carbocycles. The van der Waals surface area contributed by atoms with Crippen LogP contribution < -0.4 is 26.0 Å². The number of anilines is 1. The van der Waals surface area contributed by atoms with Crippen molar-refractivity contribution < 1.29 is 27.4 Å². The normalized spacial score (nSPS) is 11.5. The number of carbonyl (C=O) groups is 1. The highest BCUT2D eigenvalue weighted by atomic mass is 32.2. The lowest BCUT2D eigenvalue weighted by Gasteiger charge is -2.13. The molecule has 0 aliphatic rings. The molecule has 14 heteroatoms. The summed E-state index contributed by atoms with van der Waals surface area (Å²) in [6.45, 7) is 0. The molecule has 10 nitrogen and oxygen atoms in total. The Bertz CT molecular complexity index is 1700. The molecule has 0 bridgehead atoms. The van der Waals surface area contributed by atoms with Crippen molar-refractivity contribution in [3.63, 3.8) is 0 Å². The van der Waals surface area contributed by atoms with Gasteiger partial charge in [0.25, 0.3) is 5.56 Å². The topological polar surface area (TPSA) is 117 Å². The van der Waals surface area contributed by atoms with Gasteiger partial charge in [0.15, 0.2) is 23.0 Å². The van der Waals surface area contributed by atoms with Crippen LogP contribution in [-0.2, 0) is 25.1 Å². The summed E-state index contributed by atoms with van der Waals surface area (Å²) >= 11 is 0.881. The highest BCUT2D eigenvalue weighted by molar-refractivity contribution is 8.00. The molecule has 2 aromatic heterocycles. The Morgan fingerprint density at radius 3 is 2.38 bits per heavy atom. The molecule has 0 aliphatic heterocycles. The minimum atomic E-state index is -4.56. The highest BCUT2D eigenvalue weighted by Crippen LogP contribution is 2.33. The molecule has 0 spiro atoms. The van der Waals surface area contributed by atoms with Crippen LogP contribution in [0.5, 0.6) is 11.5 Å². The van der Waals surface area contributed by atoms with Crippen LogP contribution in [0.1, 0.15) is 5.56 Å². The van der Waals surface area contributed by atoms with E-state index in [1.54, 1.807) is 18.2 Å². The molecular weight excluding hydrogens is 539 g/mol. The van der Waals surface area contributed by atoms with E-state index in [4.69, 9.17) is 9.47 Å². The van der Waals surface area contributed by atoms with Gasteiger partial charge in [-0.2, -0.15) is 13.2 Å². The highest BCUT2D eigenvalue weighted by Gasteiger charge is 2.30. The van der Waals surface area contributed by atoms with Crippen LogP contribution in [0.15, 0.2) is 57.1 Å². The first-order chi connectivity index (χ1) is 18.4. The lowest BCUT2D eigenvalue weighted by Crippen LogP contribution is -2.37. The average molecular weight is 562 g/mol. The van der Waals surface area contributed by atoms with Crippen LogP contribution in [-0.4, -0.2) is 45.0 Å². The summed E-state index contributed by atoms with van der Waals surface area (Å²) in [5, 5.41) is 2.55. The van der Waals surface area contributed by atoms with Crippen molar-refractivity contribution >= 4 is 34.4 Å². The molecule has 4 rings (SSSR count). The zero-order chi connectivity index (χ0) is 28.5. The third-order valence-corrected chi connectivity index (χ3v) is 6.70. The Labute approximate surface area is 223 Å². The van der Waals surface area contributed by atoms with Crippen LogP contribution in [0.3, 0.4) is 0 Å². The van der Waals surface area contributed by atoms with Gasteiger partial charge in [0.1, 0.15) is 10.4 Å². The van der Waals surface area contributed by atoms with Crippen molar-refractivity contribution in [3.8, 4) is 22.9 Å². The number of aromatic nitrogens is 4. The van der Waals surface area contributed by atoms with E-state index in [1.807, 2.05) is 0 Å². The first kappa shape index (κ1) is 27.7. The zero-order valence-corrected chi connectivity index (χ0v) is 21.9. The molecular formula is C25H22F3N5O5S. The minimum absolute atomic E-state index is 0.0145. The van der Waals surface area contributed by atoms with E-state index in [-0.39, 0.29) is 33.3 Å². The number of hydrogen-bond donors (Lipinski definition) is 1. The number of nitrogens with zero attached hydrogens (tertiary/aromatic N) is 4. The number of ether oxygens (including phenoxy) is 2. The van der Waals surface area contributed by atoms with Gasteiger partial charge in [-0.05, 0) is 36.4 Å². The van der Waals surface area contributed by atoms with Crippen molar-refractivity contribution in [2.75, 3.05) is 25.3 Å². The molecule has 0 unspecified atom stereocenters. The van der Waals surface area contributed by atoms with E-state index in [1.165, 1.54) is 45.0 Å². The fourth-order valence-corrected chi connectivity index (χ4v) is 4.56. The number of hydrogen-bond acceptors (Lipinski definition) is 8. The van der Waals surface area contributed by atoms with E-state index in [2.05, 4.69) is 15.3 Å². The summed E-state index contributed by atoms with van der Waals surface area (Å²) in [6.07, 6.45) is -4.56. The number of rotatable bonds is 7. The largest absolute Gasteiger partial charge is 0.493 e. The fourth-order valence-electron chi connectivity index (χ4n) is 3.74. The maximum Gasteiger partial charge on any atom is 0.416 e. The fraction of sp³-hybridized carbons (Fsp3) is 0.240. The Balaban J connectivity index is 1.74. The average Bonchev–Trinajstić information content (AvgIpc) is 2.92. The van der Waals surface area contributed by atoms with Crippen LogP contribution in [0.4, 0.5) is 18.9 Å². The van der Waals surface area contributed by atoms with Gasteiger partial charge in [-0.1, -0.05) is 17.8 Å². The Hall–Kier alpha value is -4.33. The molecule has 0 atom stereocenters. The first-order valence-corrected chi connectivity index (χ1v) is 12.2. The SMILES string of the molecule is COc1ccc(-c2nc(SCC(=O)Nc3cccc(C(F)(F)F)c3)c3c(=O)n(C)c(=O)n(C)c3n2)cc1OC. The number of alkyl halides is 3. The second-order valence-electron chi connectivity index (χ2n) is 8.24. The van der Waals surface area contributed by atoms with E-state index < -0.39 is 28.9 Å². The summed E-state index contributed by atoms with van der Waals surface area (Å²) in [5.41, 5.74) is -1.68. The second kappa shape index (κ2) is 10.8. The number of fused-ring (bicyclic) bond motifs is 1. The molecule has 4 aromatic rings. The second-order valence-corrected chi connectivity index (χ2v) is 9.21. The lowest BCUT2D eigenvalue weighted by atomic mass is 10.2. The van der Waals surface area contributed by atoms with Crippen LogP contribution in [0.25, 0.3) is 22.4 Å². The Morgan fingerprint density at radius 1 is 1.00 bits per heavy atom. The van der Waals surface area contributed by atoms with Gasteiger partial charge in [0, 0.05) is 25.3 Å². The first-order valence-electron chi connectivity index (χ1n) is 11.2. The number of carbonyl (C=O) groups excluding carboxylic acids is 1. The number of thioether (sulfide) groups is 1. The van der Waals surface area contributed by atoms with E-state index in [0.29, 0.717) is 17.1 Å². The summed E-state index contributed by atoms with van der Waals surface area (Å²) in [4.78, 5) is 47.2. The molecule has 0 fully saturated rings. The van der Waals surface area contributed by atoms with Gasteiger partial charge in [-0.3, -0.25) is 18.7 Å². The molecule has 0 saturated heterocycles. The third kappa shape index (κ3) is 5.60. The van der Waals surface area contributed by atoms with Gasteiger partial charge < -0.3 is 14.8 Å². The number of methoxy groups -OCH3 is 2. The van der Waals surface area contributed by atoms with Crippen molar-refractivity contribution in [2.24, 2.45) is 14.1 Å². The summed E-state index contributed by atoms with van der Waals surface area (Å²) in [5.74, 6) is 0.0861. The summed E-state index contributed by atoms with van der Waals surface area (Å²) in [7, 11) is 5.70. The standard InChI is InChI=1S/C25H22F3N5O5S/c1-32-21-19(23(35)33(2)24(32)36)22(31-20(30-21)13-8-9-16(37-3)17(10-13)38-4)39-12-18(34)29-15-7-5-6-14(11-15)25(26,27)28/h5-11H,12H2,1-4H3,(H,29,34). The zero-order valence-electron chi connectivity index (χ0n) is 21.1. The van der Waals surface area contributed by atoms with Crippen LogP contribution in [0.2, 0.25) is 0 Å². The minimum Gasteiger partial charge on any atom is -0.493 e. The monoisotopic (exact) mass is 561 g/mol. The number of aryl methyl sites for hydroxylation is 1. The molecule has 1 N–H and O–H groups in total. The van der Waals surface area contributed by atoms with Gasteiger partial charge in [-0.25, -0.2) is 14.8 Å². The van der Waals surface area contributed by atoms with Crippen molar-refractivity contribution in [1.82, 2.24) is 19.1 Å². The summed E-state index contributed by atoms with van der Waals surface area (Å²) in [6, 6.07) is 9.16. The number of amides is 1. The van der Waals surface area contributed by atoms with Gasteiger partial charge in [0.2, 0.25) is 5.91 Å². The maximum absolute atomic E-state index is 13.0. The Morgan fingerprint density at radius 2 is 1.72 bits per heavy atom. The molecule has 0 radical (unpaired) electrons. The molecule has 204 valence electrons. The quantitative estimate of drug-likeness (QED) is 0.269. The van der Waals surface area contributed by atoms with Gasteiger partial charge in [-0.15, -0.1) is 0 Å². The molecule has 1 amide bonds. The predicted molar refractivity (Wildman–Crippen MR) is 139 cm³/mol. The maximum atomic E-state index is 13.0. The predicted octanol–water partition coefficient (Wildman–Crippen LogP) is 3.46. The molecule has 2 heterocycles. The molecule has 0 aliphatic carbocycles. The van der Waals surface area contributed by atoms with Crippen molar-refractivity contribution in [1.29, 1.82) is 0 Å². The van der Waals surface area contributed by atoms with Crippen LogP contribution >= 0.6 is 11.8 Å². The lowest BCUT2D eigenvalue weighted by molar-refractivity contribution is -0.137. The van der Waals surface area contributed by atoms with Gasteiger partial charge >= 0.3 is 11.9 Å². The summed E-state index contributed by atoms with van der Waals surface area (Å²) < 4.78 is 51.7. The number of benzene rings is 2. The number of nitrogens with one attached hydrogen (secondary N) is 1. The van der Waals surface area contributed by atoms with Crippen LogP contribution in [0, 0.1) is 0 Å². The smallest absolute Gasteiger partial charge is 0.416 e. The van der Waals surface area contributed by atoms with E-state index >= 15 is 0 Å². The molecule has 39 heavy (non-hydrogen) atoms.